The number of hydrogen-bond donors (Lipinski definition) is 1. The molecule has 5 nitrogen and oxygen atoms in total. The first kappa shape index (κ1) is 24.4. The number of benzene rings is 2. The average Bonchev–Trinajstić information content (AvgIpc) is 2.68. The Hall–Kier alpha value is -2.82. The van der Waals surface area contributed by atoms with E-state index in [1.165, 1.54) is 0 Å². The number of ether oxygens (including phenoxy) is 1. The Labute approximate surface area is 186 Å². The molecule has 2 rings (SSSR count). The van der Waals surface area contributed by atoms with E-state index >= 15 is 0 Å². The lowest BCUT2D eigenvalue weighted by Gasteiger charge is -2.33. The summed E-state index contributed by atoms with van der Waals surface area (Å²) in [5.41, 5.74) is 2.93. The van der Waals surface area contributed by atoms with Gasteiger partial charge in [-0.15, -0.1) is 0 Å². The molecular formula is C26H36N2O3. The van der Waals surface area contributed by atoms with Crippen LogP contribution in [-0.4, -0.2) is 41.4 Å². The summed E-state index contributed by atoms with van der Waals surface area (Å²) in [6.07, 6.45) is 1.21. The van der Waals surface area contributed by atoms with Crippen molar-refractivity contribution in [1.82, 2.24) is 10.2 Å². The first-order chi connectivity index (χ1) is 14.6. The fraction of sp³-hybridized carbons (Fsp3) is 0.462. The number of carbonyl (C=O) groups excluding carboxylic acids is 2. The molecule has 0 unspecified atom stereocenters. The average molecular weight is 425 g/mol. The van der Waals surface area contributed by atoms with Gasteiger partial charge in [-0.1, -0.05) is 43.3 Å². The van der Waals surface area contributed by atoms with Gasteiger partial charge in [-0.05, 0) is 76.3 Å². The summed E-state index contributed by atoms with van der Waals surface area (Å²) in [5.74, 6) is 0.342. The van der Waals surface area contributed by atoms with Crippen molar-refractivity contribution in [1.29, 1.82) is 0 Å². The number of carbonyl (C=O) groups is 2. The maximum atomic E-state index is 13.2. The third kappa shape index (κ3) is 8.08. The lowest BCUT2D eigenvalue weighted by Crippen LogP contribution is -2.54. The fourth-order valence-corrected chi connectivity index (χ4v) is 3.59. The van der Waals surface area contributed by atoms with E-state index in [1.807, 2.05) is 84.0 Å². The molecule has 1 atom stereocenters. The van der Waals surface area contributed by atoms with E-state index in [0.29, 0.717) is 25.1 Å². The van der Waals surface area contributed by atoms with Crippen molar-refractivity contribution in [2.75, 3.05) is 13.2 Å². The fourth-order valence-electron chi connectivity index (χ4n) is 3.59. The van der Waals surface area contributed by atoms with Crippen LogP contribution in [0.5, 0.6) is 5.75 Å². The van der Waals surface area contributed by atoms with Crippen LogP contribution >= 0.6 is 0 Å². The van der Waals surface area contributed by atoms with Gasteiger partial charge in [-0.2, -0.15) is 0 Å². The van der Waals surface area contributed by atoms with Crippen molar-refractivity contribution in [3.8, 4) is 5.75 Å². The van der Waals surface area contributed by atoms with Crippen LogP contribution in [0.4, 0.5) is 0 Å². The molecule has 2 aromatic carbocycles. The van der Waals surface area contributed by atoms with Crippen LogP contribution in [0, 0.1) is 13.8 Å². The van der Waals surface area contributed by atoms with Crippen molar-refractivity contribution >= 4 is 11.8 Å². The molecule has 0 fully saturated rings. The number of nitrogens with zero attached hydrogens (tertiary/aromatic N) is 1. The summed E-state index contributed by atoms with van der Waals surface area (Å²) in [4.78, 5) is 27.8. The standard InChI is InChI=1S/C26H36N2O3/c1-7-23(25(30)27-26(4,5)6)28(14-13-21-11-9-8-10-12-21)24(29)18-31-22-16-19(2)15-20(3)17-22/h8-12,15-17,23H,7,13-14,18H2,1-6H3,(H,27,30)/t23-/m1/s1. The molecule has 0 saturated heterocycles. The quantitative estimate of drug-likeness (QED) is 0.647. The Bertz CT molecular complexity index is 852. The molecule has 0 heterocycles. The zero-order valence-electron chi connectivity index (χ0n) is 19.7. The summed E-state index contributed by atoms with van der Waals surface area (Å²) in [6.45, 7) is 12.1. The van der Waals surface area contributed by atoms with Gasteiger partial charge in [-0.3, -0.25) is 9.59 Å². The minimum atomic E-state index is -0.543. The molecule has 168 valence electrons. The van der Waals surface area contributed by atoms with Gasteiger partial charge in [0.15, 0.2) is 6.61 Å². The van der Waals surface area contributed by atoms with E-state index in [1.54, 1.807) is 4.90 Å². The van der Waals surface area contributed by atoms with Gasteiger partial charge in [-0.25, -0.2) is 0 Å². The molecule has 1 N–H and O–H groups in total. The summed E-state index contributed by atoms with van der Waals surface area (Å²) in [7, 11) is 0. The van der Waals surface area contributed by atoms with Crippen LogP contribution in [-0.2, 0) is 16.0 Å². The molecule has 0 spiro atoms. The normalized spacial score (nSPS) is 12.2. The largest absolute Gasteiger partial charge is 0.484 e. The van der Waals surface area contributed by atoms with Gasteiger partial charge in [0.1, 0.15) is 11.8 Å². The van der Waals surface area contributed by atoms with E-state index in [0.717, 1.165) is 16.7 Å². The molecule has 2 amide bonds. The third-order valence-corrected chi connectivity index (χ3v) is 4.93. The van der Waals surface area contributed by atoms with Gasteiger partial charge < -0.3 is 15.0 Å². The molecule has 0 saturated carbocycles. The molecule has 0 bridgehead atoms. The zero-order chi connectivity index (χ0) is 23.0. The first-order valence-electron chi connectivity index (χ1n) is 11.0. The topological polar surface area (TPSA) is 58.6 Å². The zero-order valence-corrected chi connectivity index (χ0v) is 19.7. The molecule has 0 aliphatic heterocycles. The summed E-state index contributed by atoms with van der Waals surface area (Å²) >= 11 is 0. The second-order valence-electron chi connectivity index (χ2n) is 9.10. The van der Waals surface area contributed by atoms with Crippen LogP contribution in [0.25, 0.3) is 0 Å². The smallest absolute Gasteiger partial charge is 0.261 e. The number of aryl methyl sites for hydroxylation is 2. The number of nitrogens with one attached hydrogen (secondary N) is 1. The van der Waals surface area contributed by atoms with Crippen molar-refractivity contribution in [3.63, 3.8) is 0 Å². The molecule has 5 heteroatoms. The molecular weight excluding hydrogens is 388 g/mol. The Morgan fingerprint density at radius 3 is 2.19 bits per heavy atom. The van der Waals surface area contributed by atoms with Crippen molar-refractivity contribution in [2.45, 2.75) is 66.0 Å². The summed E-state index contributed by atoms with van der Waals surface area (Å²) in [5, 5.41) is 3.02. The second-order valence-corrected chi connectivity index (χ2v) is 9.10. The third-order valence-electron chi connectivity index (χ3n) is 4.93. The lowest BCUT2D eigenvalue weighted by atomic mass is 10.1. The Balaban J connectivity index is 2.17. The van der Waals surface area contributed by atoms with E-state index < -0.39 is 6.04 Å². The van der Waals surface area contributed by atoms with E-state index in [-0.39, 0.29) is 24.0 Å². The van der Waals surface area contributed by atoms with Gasteiger partial charge in [0.05, 0.1) is 0 Å². The Morgan fingerprint density at radius 1 is 1.03 bits per heavy atom. The summed E-state index contributed by atoms with van der Waals surface area (Å²) in [6, 6.07) is 15.3. The molecule has 0 aliphatic carbocycles. The highest BCUT2D eigenvalue weighted by molar-refractivity contribution is 5.88. The van der Waals surface area contributed by atoms with Crippen LogP contribution in [0.15, 0.2) is 48.5 Å². The molecule has 0 aliphatic rings. The Kier molecular flexibility index (Phi) is 8.66. The van der Waals surface area contributed by atoms with Gasteiger partial charge in [0.25, 0.3) is 5.91 Å². The predicted molar refractivity (Wildman–Crippen MR) is 125 cm³/mol. The van der Waals surface area contributed by atoms with Gasteiger partial charge in [0.2, 0.25) is 5.91 Å². The maximum absolute atomic E-state index is 13.2. The van der Waals surface area contributed by atoms with Crippen LogP contribution in [0.1, 0.15) is 50.8 Å². The summed E-state index contributed by atoms with van der Waals surface area (Å²) < 4.78 is 5.81. The highest BCUT2D eigenvalue weighted by Gasteiger charge is 2.30. The van der Waals surface area contributed by atoms with E-state index in [2.05, 4.69) is 11.4 Å². The Morgan fingerprint density at radius 2 is 1.65 bits per heavy atom. The van der Waals surface area contributed by atoms with Crippen LogP contribution in [0.3, 0.4) is 0 Å². The van der Waals surface area contributed by atoms with Crippen molar-refractivity contribution in [2.24, 2.45) is 0 Å². The molecule has 31 heavy (non-hydrogen) atoms. The molecule has 2 aromatic rings. The highest BCUT2D eigenvalue weighted by Crippen LogP contribution is 2.17. The van der Waals surface area contributed by atoms with Crippen molar-refractivity contribution in [3.05, 3.63) is 65.2 Å². The number of amides is 2. The van der Waals surface area contributed by atoms with E-state index in [9.17, 15) is 9.59 Å². The molecule has 0 radical (unpaired) electrons. The minimum Gasteiger partial charge on any atom is -0.484 e. The monoisotopic (exact) mass is 424 g/mol. The highest BCUT2D eigenvalue weighted by atomic mass is 16.5. The SMILES string of the molecule is CC[C@H](C(=O)NC(C)(C)C)N(CCc1ccccc1)C(=O)COc1cc(C)cc(C)c1. The molecule has 0 aromatic heterocycles. The number of rotatable bonds is 9. The first-order valence-corrected chi connectivity index (χ1v) is 11.0. The lowest BCUT2D eigenvalue weighted by molar-refractivity contribution is -0.142. The minimum absolute atomic E-state index is 0.100. The maximum Gasteiger partial charge on any atom is 0.261 e. The van der Waals surface area contributed by atoms with Gasteiger partial charge >= 0.3 is 0 Å². The predicted octanol–water partition coefficient (Wildman–Crippen LogP) is 4.45. The van der Waals surface area contributed by atoms with E-state index in [4.69, 9.17) is 4.74 Å². The number of hydrogen-bond acceptors (Lipinski definition) is 3. The van der Waals surface area contributed by atoms with Gasteiger partial charge in [0, 0.05) is 12.1 Å². The van der Waals surface area contributed by atoms with Crippen LogP contribution in [0.2, 0.25) is 0 Å². The van der Waals surface area contributed by atoms with Crippen molar-refractivity contribution < 1.29 is 14.3 Å². The second kappa shape index (κ2) is 11.0. The van der Waals surface area contributed by atoms with Crippen LogP contribution < -0.4 is 10.1 Å².